The molecule has 20 heavy (non-hydrogen) atoms. The Labute approximate surface area is 127 Å². The number of imidazole rings is 1. The van der Waals surface area contributed by atoms with Crippen LogP contribution in [-0.4, -0.2) is 9.97 Å². The lowest BCUT2D eigenvalue weighted by molar-refractivity contribution is 0.391. The fourth-order valence-corrected chi connectivity index (χ4v) is 2.51. The number of nitrogens with one attached hydrogen (secondary N) is 1. The van der Waals surface area contributed by atoms with Crippen LogP contribution in [0.2, 0.25) is 10.0 Å². The molecule has 0 aliphatic rings. The van der Waals surface area contributed by atoms with Gasteiger partial charge in [0.1, 0.15) is 11.6 Å². The lowest BCUT2D eigenvalue weighted by Crippen LogP contribution is -2.36. The minimum absolute atomic E-state index is 0.00576. The summed E-state index contributed by atoms with van der Waals surface area (Å²) < 4.78 is 13.6. The third-order valence-corrected chi connectivity index (χ3v) is 4.21. The number of hydrogen-bond donors (Lipinski definition) is 2. The number of halogens is 3. The van der Waals surface area contributed by atoms with Gasteiger partial charge in [-0.25, -0.2) is 9.37 Å². The van der Waals surface area contributed by atoms with Crippen LogP contribution in [0.25, 0.3) is 11.3 Å². The molecule has 0 bridgehead atoms. The Kier molecular flexibility index (Phi) is 4.37. The van der Waals surface area contributed by atoms with Crippen LogP contribution in [0.15, 0.2) is 18.3 Å². The molecule has 0 spiro atoms. The molecule has 1 aromatic heterocycles. The van der Waals surface area contributed by atoms with E-state index in [0.717, 1.165) is 12.8 Å². The first-order chi connectivity index (χ1) is 9.41. The van der Waals surface area contributed by atoms with Gasteiger partial charge >= 0.3 is 0 Å². The summed E-state index contributed by atoms with van der Waals surface area (Å²) in [6, 6.07) is 2.67. The van der Waals surface area contributed by atoms with Crippen LogP contribution in [0.3, 0.4) is 0 Å². The Morgan fingerprint density at radius 1 is 1.25 bits per heavy atom. The fraction of sp³-hybridized carbons (Fsp3) is 0.357. The molecule has 0 saturated carbocycles. The molecule has 6 heteroatoms. The number of H-pyrrole nitrogens is 1. The third kappa shape index (κ3) is 2.68. The minimum Gasteiger partial charge on any atom is -0.340 e. The summed E-state index contributed by atoms with van der Waals surface area (Å²) in [6.45, 7) is 4.00. The summed E-state index contributed by atoms with van der Waals surface area (Å²) in [5, 5.41) is 0.357. The van der Waals surface area contributed by atoms with Crippen molar-refractivity contribution >= 4 is 23.2 Å². The van der Waals surface area contributed by atoms with Gasteiger partial charge in [0.05, 0.1) is 27.5 Å². The molecule has 3 nitrogen and oxygen atoms in total. The van der Waals surface area contributed by atoms with Crippen molar-refractivity contribution in [2.45, 2.75) is 32.2 Å². The SMILES string of the molecule is CCC(N)(CC)c1ncc(-c2cc(F)c(Cl)cc2Cl)[nH]1. The van der Waals surface area contributed by atoms with Crippen LogP contribution in [0, 0.1) is 5.82 Å². The molecule has 0 radical (unpaired) electrons. The standard InChI is InChI=1S/C14H16Cl2FN3/c1-3-14(18,4-2)13-19-7-12(20-13)8-5-11(17)10(16)6-9(8)15/h5-7H,3-4,18H2,1-2H3,(H,19,20). The Bertz CT molecular complexity index is 621. The van der Waals surface area contributed by atoms with Gasteiger partial charge in [0, 0.05) is 5.56 Å². The van der Waals surface area contributed by atoms with E-state index in [9.17, 15) is 4.39 Å². The first-order valence-corrected chi connectivity index (χ1v) is 7.16. The molecule has 0 unspecified atom stereocenters. The van der Waals surface area contributed by atoms with Crippen LogP contribution in [-0.2, 0) is 5.54 Å². The van der Waals surface area contributed by atoms with E-state index in [4.69, 9.17) is 28.9 Å². The van der Waals surface area contributed by atoms with Gasteiger partial charge in [-0.05, 0) is 25.0 Å². The predicted molar refractivity (Wildman–Crippen MR) is 80.4 cm³/mol. The van der Waals surface area contributed by atoms with Gasteiger partial charge in [-0.15, -0.1) is 0 Å². The molecule has 2 aromatic rings. The van der Waals surface area contributed by atoms with Gasteiger partial charge in [0.2, 0.25) is 0 Å². The zero-order chi connectivity index (χ0) is 14.9. The average molecular weight is 316 g/mol. The van der Waals surface area contributed by atoms with E-state index in [1.165, 1.54) is 12.1 Å². The second-order valence-corrected chi connectivity index (χ2v) is 5.57. The van der Waals surface area contributed by atoms with E-state index in [0.29, 0.717) is 22.1 Å². The highest BCUT2D eigenvalue weighted by atomic mass is 35.5. The molecule has 0 aliphatic carbocycles. The van der Waals surface area contributed by atoms with Gasteiger partial charge in [-0.1, -0.05) is 37.0 Å². The van der Waals surface area contributed by atoms with E-state index in [1.54, 1.807) is 6.20 Å². The summed E-state index contributed by atoms with van der Waals surface area (Å²) in [4.78, 5) is 7.43. The van der Waals surface area contributed by atoms with Crippen molar-refractivity contribution in [1.82, 2.24) is 9.97 Å². The lowest BCUT2D eigenvalue weighted by Gasteiger charge is -2.23. The molecule has 108 valence electrons. The van der Waals surface area contributed by atoms with E-state index in [2.05, 4.69) is 9.97 Å². The van der Waals surface area contributed by atoms with Crippen molar-refractivity contribution < 1.29 is 4.39 Å². The molecule has 0 amide bonds. The maximum Gasteiger partial charge on any atom is 0.142 e. The highest BCUT2D eigenvalue weighted by Gasteiger charge is 2.26. The van der Waals surface area contributed by atoms with Crippen molar-refractivity contribution in [3.8, 4) is 11.3 Å². The minimum atomic E-state index is -0.521. The van der Waals surface area contributed by atoms with E-state index in [-0.39, 0.29) is 5.02 Å². The van der Waals surface area contributed by atoms with Crippen molar-refractivity contribution in [2.75, 3.05) is 0 Å². The van der Waals surface area contributed by atoms with Gasteiger partial charge < -0.3 is 10.7 Å². The molecular weight excluding hydrogens is 300 g/mol. The predicted octanol–water partition coefficient (Wildman–Crippen LogP) is 4.50. The number of aromatic nitrogens is 2. The number of hydrogen-bond acceptors (Lipinski definition) is 2. The Morgan fingerprint density at radius 3 is 2.50 bits per heavy atom. The molecule has 1 aromatic carbocycles. The van der Waals surface area contributed by atoms with Crippen LogP contribution in [0.4, 0.5) is 4.39 Å². The maximum absolute atomic E-state index is 13.6. The van der Waals surface area contributed by atoms with Crippen molar-refractivity contribution in [1.29, 1.82) is 0 Å². The van der Waals surface area contributed by atoms with Gasteiger partial charge in [-0.2, -0.15) is 0 Å². The Morgan fingerprint density at radius 2 is 1.90 bits per heavy atom. The van der Waals surface area contributed by atoms with E-state index < -0.39 is 11.4 Å². The molecule has 1 heterocycles. The molecule has 3 N–H and O–H groups in total. The molecule has 0 atom stereocenters. The Hall–Kier alpha value is -1.10. The Balaban J connectivity index is 2.46. The topological polar surface area (TPSA) is 54.7 Å². The smallest absolute Gasteiger partial charge is 0.142 e. The summed E-state index contributed by atoms with van der Waals surface area (Å²) in [5.41, 5.74) is 6.90. The monoisotopic (exact) mass is 315 g/mol. The summed E-state index contributed by atoms with van der Waals surface area (Å²) >= 11 is 11.8. The van der Waals surface area contributed by atoms with Gasteiger partial charge in [0.15, 0.2) is 0 Å². The van der Waals surface area contributed by atoms with Gasteiger partial charge in [0.25, 0.3) is 0 Å². The summed E-state index contributed by atoms with van der Waals surface area (Å²) in [5.74, 6) is 0.149. The normalized spacial score (nSPS) is 11.9. The maximum atomic E-state index is 13.6. The van der Waals surface area contributed by atoms with Crippen LogP contribution in [0.5, 0.6) is 0 Å². The van der Waals surface area contributed by atoms with Crippen LogP contribution >= 0.6 is 23.2 Å². The number of nitrogens with zero attached hydrogens (tertiary/aromatic N) is 1. The second kappa shape index (κ2) is 5.72. The first-order valence-electron chi connectivity index (χ1n) is 6.40. The number of benzene rings is 1. The quantitative estimate of drug-likeness (QED) is 0.816. The second-order valence-electron chi connectivity index (χ2n) is 4.75. The molecule has 0 aliphatic heterocycles. The van der Waals surface area contributed by atoms with Gasteiger partial charge in [-0.3, -0.25) is 0 Å². The van der Waals surface area contributed by atoms with E-state index >= 15 is 0 Å². The highest BCUT2D eigenvalue weighted by molar-refractivity contribution is 6.36. The van der Waals surface area contributed by atoms with Crippen molar-refractivity contribution in [3.05, 3.63) is 40.0 Å². The molecule has 0 saturated heterocycles. The fourth-order valence-electron chi connectivity index (χ4n) is 2.02. The summed E-state index contributed by atoms with van der Waals surface area (Å²) in [6.07, 6.45) is 3.11. The van der Waals surface area contributed by atoms with Crippen LogP contribution < -0.4 is 5.73 Å². The van der Waals surface area contributed by atoms with E-state index in [1.807, 2.05) is 13.8 Å². The highest BCUT2D eigenvalue weighted by Crippen LogP contribution is 2.33. The number of nitrogens with two attached hydrogens (primary N) is 1. The summed E-state index contributed by atoms with van der Waals surface area (Å²) in [7, 11) is 0. The third-order valence-electron chi connectivity index (χ3n) is 3.61. The largest absolute Gasteiger partial charge is 0.340 e. The van der Waals surface area contributed by atoms with Crippen molar-refractivity contribution in [2.24, 2.45) is 5.73 Å². The number of aromatic amines is 1. The first kappa shape index (κ1) is 15.3. The lowest BCUT2D eigenvalue weighted by atomic mass is 9.93. The molecular formula is C14H16Cl2FN3. The van der Waals surface area contributed by atoms with Crippen LogP contribution in [0.1, 0.15) is 32.5 Å². The zero-order valence-electron chi connectivity index (χ0n) is 11.3. The zero-order valence-corrected chi connectivity index (χ0v) is 12.8. The number of rotatable bonds is 4. The average Bonchev–Trinajstić information content (AvgIpc) is 2.92. The molecule has 2 rings (SSSR count). The van der Waals surface area contributed by atoms with Crippen molar-refractivity contribution in [3.63, 3.8) is 0 Å². The molecule has 0 fully saturated rings.